The van der Waals surface area contributed by atoms with Gasteiger partial charge < -0.3 is 30.0 Å². The first-order valence-electron chi connectivity index (χ1n) is 8.02. The number of carbonyl (C=O) groups is 4. The number of aliphatic carboxylic acids is 2. The molecular formula is C17H15ClN2Na2O6S. The number of nitrogens with zero attached hydrogens (tertiary/aromatic N) is 1. The number of carboxylic acids is 2. The number of benzene rings is 1. The maximum atomic E-state index is 12.5. The second kappa shape index (κ2) is 9.91. The fourth-order valence-electron chi connectivity index (χ4n) is 3.41. The molecule has 3 rings (SSSR count). The van der Waals surface area contributed by atoms with E-state index in [4.69, 9.17) is 11.6 Å². The predicted molar refractivity (Wildman–Crippen MR) is 92.2 cm³/mol. The van der Waals surface area contributed by atoms with Crippen LogP contribution in [0.3, 0.4) is 0 Å². The molecule has 3 unspecified atom stereocenters. The summed E-state index contributed by atoms with van der Waals surface area (Å²) in [5.74, 6) is -6.12. The van der Waals surface area contributed by atoms with Gasteiger partial charge in [-0.05, 0) is 31.5 Å². The summed E-state index contributed by atoms with van der Waals surface area (Å²) in [6, 6.07) is 3.52. The number of rotatable bonds is 5. The molecule has 1 N–H and O–H groups in total. The number of carboxylic acid groups (broad SMARTS) is 2. The molecule has 0 bridgehead atoms. The van der Waals surface area contributed by atoms with Crippen molar-refractivity contribution in [2.24, 2.45) is 0 Å². The van der Waals surface area contributed by atoms with Crippen LogP contribution >= 0.6 is 23.4 Å². The Morgan fingerprint density at radius 1 is 1.17 bits per heavy atom. The van der Waals surface area contributed by atoms with Crippen molar-refractivity contribution in [1.29, 1.82) is 0 Å². The van der Waals surface area contributed by atoms with Gasteiger partial charge in [-0.15, -0.1) is 11.8 Å². The summed E-state index contributed by atoms with van der Waals surface area (Å²) >= 11 is 6.98. The van der Waals surface area contributed by atoms with Gasteiger partial charge in [-0.25, -0.2) is 0 Å². The van der Waals surface area contributed by atoms with Crippen LogP contribution in [0.4, 0.5) is 0 Å². The summed E-state index contributed by atoms with van der Waals surface area (Å²) < 4.78 is -0.803. The smallest absolute Gasteiger partial charge is 0.549 e. The average Bonchev–Trinajstić information content (AvgIpc) is 2.82. The number of amides is 2. The Hall–Kier alpha value is -0.260. The zero-order valence-electron chi connectivity index (χ0n) is 16.3. The Morgan fingerprint density at radius 3 is 2.21 bits per heavy atom. The van der Waals surface area contributed by atoms with Gasteiger partial charge in [0.05, 0.1) is 18.0 Å². The molecule has 1 aromatic carbocycles. The second-order valence-corrected chi connectivity index (χ2v) is 9.08. The standard InChI is InChI=1S/C17H17ClN2O6S.2Na/c1-17(2)11(16(25)26)20-13(22)10(14(20)27-17)19-12(21)9(15(23)24)7-3-5-8(18)6-4-7;;/h3-6,9-11,14H,1-2H3,(H,19,21)(H,23,24)(H,25,26);;/q;2*+1/p-2/t9?,10?,11?,14-;;/m0../s1. The molecule has 4 atom stereocenters. The van der Waals surface area contributed by atoms with Gasteiger partial charge in [-0.2, -0.15) is 0 Å². The average molecular weight is 457 g/mol. The number of halogens is 1. The zero-order valence-corrected chi connectivity index (χ0v) is 21.9. The van der Waals surface area contributed by atoms with Gasteiger partial charge in [0.2, 0.25) is 11.8 Å². The third-order valence-corrected chi connectivity index (χ3v) is 6.49. The number of thioether (sulfide) groups is 1. The third-order valence-electron chi connectivity index (χ3n) is 4.66. The Balaban J connectivity index is 0.00000210. The third kappa shape index (κ3) is 4.98. The molecular weight excluding hydrogens is 442 g/mol. The molecule has 2 fully saturated rings. The molecule has 2 aliphatic heterocycles. The fourth-order valence-corrected chi connectivity index (χ4v) is 5.16. The number of hydrogen-bond acceptors (Lipinski definition) is 7. The van der Waals surface area contributed by atoms with Crippen molar-refractivity contribution in [2.45, 2.75) is 42.0 Å². The first kappa shape index (κ1) is 26.8. The van der Waals surface area contributed by atoms with Gasteiger partial charge in [-0.1, -0.05) is 23.7 Å². The Bertz CT molecular complexity index is 838. The maximum Gasteiger partial charge on any atom is 1.00 e. The van der Waals surface area contributed by atoms with Crippen LogP contribution in [0.5, 0.6) is 0 Å². The molecule has 144 valence electrons. The van der Waals surface area contributed by atoms with Crippen LogP contribution in [0, 0.1) is 0 Å². The molecule has 8 nitrogen and oxygen atoms in total. The van der Waals surface area contributed by atoms with Crippen molar-refractivity contribution in [2.75, 3.05) is 0 Å². The first-order chi connectivity index (χ1) is 12.5. The van der Waals surface area contributed by atoms with Crippen LogP contribution in [0.1, 0.15) is 25.3 Å². The Morgan fingerprint density at radius 2 is 1.72 bits per heavy atom. The number of hydrogen-bond donors (Lipinski definition) is 1. The van der Waals surface area contributed by atoms with E-state index in [1.54, 1.807) is 13.8 Å². The van der Waals surface area contributed by atoms with Gasteiger partial charge in [0.15, 0.2) is 0 Å². The van der Waals surface area contributed by atoms with Crippen molar-refractivity contribution in [3.8, 4) is 0 Å². The van der Waals surface area contributed by atoms with Gasteiger partial charge in [0.1, 0.15) is 17.3 Å². The summed E-state index contributed by atoms with van der Waals surface area (Å²) in [6.07, 6.45) is 0. The number of fused-ring (bicyclic) bond motifs is 1. The van der Waals surface area contributed by atoms with Crippen LogP contribution in [0.2, 0.25) is 5.02 Å². The maximum absolute atomic E-state index is 12.5. The van der Waals surface area contributed by atoms with E-state index in [0.717, 1.165) is 4.90 Å². The molecule has 0 spiro atoms. The molecule has 0 aromatic heterocycles. The normalized spacial score (nSPS) is 24.9. The van der Waals surface area contributed by atoms with E-state index in [0.29, 0.717) is 5.02 Å². The monoisotopic (exact) mass is 456 g/mol. The SMILES string of the molecule is CC1(C)S[C@H]2C(NC(=O)C(C(=O)[O-])c3ccc(Cl)cc3)C(=O)N2C1C(=O)[O-].[Na+].[Na+]. The van der Waals surface area contributed by atoms with E-state index in [2.05, 4.69) is 5.32 Å². The van der Waals surface area contributed by atoms with Gasteiger partial charge in [0.25, 0.3) is 0 Å². The van der Waals surface area contributed by atoms with Crippen LogP contribution in [-0.2, 0) is 19.2 Å². The zero-order chi connectivity index (χ0) is 20.1. The molecule has 1 aromatic rings. The van der Waals surface area contributed by atoms with Crippen molar-refractivity contribution in [1.82, 2.24) is 10.2 Å². The predicted octanol–water partition coefficient (Wildman–Crippen LogP) is -7.52. The summed E-state index contributed by atoms with van der Waals surface area (Å²) in [7, 11) is 0. The molecule has 0 aliphatic carbocycles. The molecule has 0 radical (unpaired) electrons. The number of carbonyl (C=O) groups excluding carboxylic acids is 4. The Labute approximate surface area is 220 Å². The Kier molecular flexibility index (Phi) is 9.15. The minimum absolute atomic E-state index is 0. The summed E-state index contributed by atoms with van der Waals surface area (Å²) in [5.41, 5.74) is 0.160. The summed E-state index contributed by atoms with van der Waals surface area (Å²) in [4.78, 5) is 48.9. The second-order valence-electron chi connectivity index (χ2n) is 6.87. The summed E-state index contributed by atoms with van der Waals surface area (Å²) in [5, 5.41) is 25.0. The minimum Gasteiger partial charge on any atom is -0.549 e. The van der Waals surface area contributed by atoms with Crippen molar-refractivity contribution in [3.05, 3.63) is 34.9 Å². The van der Waals surface area contributed by atoms with Crippen molar-refractivity contribution in [3.63, 3.8) is 0 Å². The first-order valence-corrected chi connectivity index (χ1v) is 9.28. The van der Waals surface area contributed by atoms with E-state index >= 15 is 0 Å². The van der Waals surface area contributed by atoms with Crippen molar-refractivity contribution < 1.29 is 88.5 Å². The molecule has 0 saturated carbocycles. The quantitative estimate of drug-likeness (QED) is 0.265. The van der Waals surface area contributed by atoms with Crippen LogP contribution in [0.15, 0.2) is 24.3 Å². The van der Waals surface area contributed by atoms with Gasteiger partial charge in [0, 0.05) is 9.77 Å². The largest absolute Gasteiger partial charge is 1.00 e. The molecule has 2 aliphatic rings. The molecule has 2 amide bonds. The molecule has 29 heavy (non-hydrogen) atoms. The molecule has 2 heterocycles. The van der Waals surface area contributed by atoms with E-state index in [-0.39, 0.29) is 64.7 Å². The van der Waals surface area contributed by atoms with Crippen molar-refractivity contribution >= 4 is 47.1 Å². The minimum atomic E-state index is -1.62. The number of β-lactam (4-membered cyclic amide) rings is 1. The fraction of sp³-hybridized carbons (Fsp3) is 0.412. The molecule has 12 heteroatoms. The topological polar surface area (TPSA) is 130 Å². The van der Waals surface area contributed by atoms with E-state index in [1.165, 1.54) is 36.0 Å². The van der Waals surface area contributed by atoms with Gasteiger partial charge in [-0.3, -0.25) is 9.59 Å². The summed E-state index contributed by atoms with van der Waals surface area (Å²) in [6.45, 7) is 3.33. The number of nitrogens with one attached hydrogen (secondary N) is 1. The van der Waals surface area contributed by atoms with Crippen LogP contribution in [0.25, 0.3) is 0 Å². The van der Waals surface area contributed by atoms with E-state index < -0.39 is 51.9 Å². The van der Waals surface area contributed by atoms with Crippen LogP contribution in [-0.4, -0.2) is 50.9 Å². The van der Waals surface area contributed by atoms with Gasteiger partial charge >= 0.3 is 59.1 Å². The van der Waals surface area contributed by atoms with E-state index in [9.17, 15) is 29.4 Å². The molecule has 2 saturated heterocycles. The van der Waals surface area contributed by atoms with Crippen LogP contribution < -0.4 is 74.6 Å². The van der Waals surface area contributed by atoms with E-state index in [1.807, 2.05) is 0 Å².